The second-order valence-electron chi connectivity index (χ2n) is 23.7. The van der Waals surface area contributed by atoms with Crippen LogP contribution in [0.15, 0.2) is 157 Å². The molecule has 1 saturated carbocycles. The number of carbonyl (C=O) groups excluding carboxylic acids is 6. The van der Waals surface area contributed by atoms with Crippen LogP contribution in [0.1, 0.15) is 116 Å². The molecule has 3 aliphatic carbocycles. The van der Waals surface area contributed by atoms with Crippen molar-refractivity contribution in [1.82, 2.24) is 10.3 Å². The summed E-state index contributed by atoms with van der Waals surface area (Å²) >= 11 is 5.65. The molecule has 14 nitrogen and oxygen atoms in total. The number of nitrogen functional groups attached to an aromatic ring is 4. The van der Waals surface area contributed by atoms with Crippen LogP contribution in [0.2, 0.25) is 5.02 Å². The van der Waals surface area contributed by atoms with Crippen LogP contribution in [0.4, 0.5) is 47.3 Å². The molecule has 0 spiro atoms. The molecule has 92 heavy (non-hydrogen) atoms. The molecule has 1 saturated heterocycles. The van der Waals surface area contributed by atoms with Crippen molar-refractivity contribution in [3.05, 3.63) is 252 Å². The Kier molecular flexibility index (Phi) is 19.3. The number of aromatic nitrogens is 1. The average molecular weight is 1260 g/mol. The van der Waals surface area contributed by atoms with Gasteiger partial charge in [-0.05, 0) is 142 Å². The summed E-state index contributed by atoms with van der Waals surface area (Å²) in [5.41, 5.74) is 39.1. The van der Waals surface area contributed by atoms with E-state index in [-0.39, 0.29) is 70.4 Å². The zero-order valence-corrected chi connectivity index (χ0v) is 51.1. The standard InChI is InChI=1S/C24H26N4O.C17H13ClFNO2.C17H14FNO2.C16H13FN2O/c25-20-4-2-1-3-17(20)14-22(29)19-13-18-7-8-21(28-11-9-26-10-12-28)23(16-5-6-16)24(18)27-15-19;18-14-8-16(20)12(6-15(14)19)7-17(22)10-2-1-9-4-13(21)5-11(9)3-10;18-14-4-3-11(16(19)9-14)8-17(21)12-2-1-10-6-15(20)7-13(10)5-12;17-13-4-3-11(14(18)9-13)8-16(20)12-2-1-10-5-6-19-15(10)7-12/h1-4,7-8,13,15-16,26H,5-6,9-12,14,25H2;1-3,6,8H,4-5,7,20H2;1-5,9H,6-8,19H2;1-4,6-7,9H,5,8,18H2. The van der Waals surface area contributed by atoms with Crippen LogP contribution in [-0.2, 0) is 67.4 Å². The number of anilines is 5. The van der Waals surface area contributed by atoms with Gasteiger partial charge in [0.2, 0.25) is 0 Å². The molecular formula is C74H66ClF3N8O6. The lowest BCUT2D eigenvalue weighted by Crippen LogP contribution is -2.43. The number of fused-ring (bicyclic) bond motifs is 4. The largest absolute Gasteiger partial charge is 0.398 e. The molecule has 14 rings (SSSR count). The second-order valence-corrected chi connectivity index (χ2v) is 24.1. The van der Waals surface area contributed by atoms with E-state index in [1.807, 2.05) is 48.7 Å². The minimum atomic E-state index is -0.599. The molecule has 0 amide bonds. The number of aliphatic imine (C=N–C) groups is 1. The highest BCUT2D eigenvalue weighted by Gasteiger charge is 2.31. The van der Waals surface area contributed by atoms with Gasteiger partial charge in [-0.2, -0.15) is 0 Å². The maximum Gasteiger partial charge on any atom is 0.168 e. The lowest BCUT2D eigenvalue weighted by atomic mass is 9.98. The van der Waals surface area contributed by atoms with Crippen LogP contribution in [0.3, 0.4) is 0 Å². The van der Waals surface area contributed by atoms with Gasteiger partial charge in [-0.1, -0.05) is 84.4 Å². The number of para-hydroxylation sites is 1. The maximum atomic E-state index is 13.5. The Balaban J connectivity index is 0.000000127. The van der Waals surface area contributed by atoms with Gasteiger partial charge in [-0.25, -0.2) is 13.2 Å². The first-order valence-corrected chi connectivity index (χ1v) is 30.8. The number of nitrogens with one attached hydrogen (secondary N) is 1. The van der Waals surface area contributed by atoms with E-state index in [0.29, 0.717) is 88.3 Å². The summed E-state index contributed by atoms with van der Waals surface area (Å²) in [7, 11) is 0. The van der Waals surface area contributed by atoms with E-state index in [1.165, 1.54) is 66.6 Å². The number of halogens is 4. The lowest BCUT2D eigenvalue weighted by Gasteiger charge is -2.31. The number of ketones is 6. The van der Waals surface area contributed by atoms with Gasteiger partial charge in [0.1, 0.15) is 29.0 Å². The molecule has 3 heterocycles. The molecule has 0 unspecified atom stereocenters. The summed E-state index contributed by atoms with van der Waals surface area (Å²) in [6.45, 7) is 4.10. The Morgan fingerprint density at radius 2 is 1.03 bits per heavy atom. The number of benzene rings is 8. The van der Waals surface area contributed by atoms with Gasteiger partial charge < -0.3 is 33.2 Å². The average Bonchev–Trinajstić information content (AvgIpc) is 1.44. The monoisotopic (exact) mass is 1250 g/mol. The number of hydrogen-bond donors (Lipinski definition) is 5. The van der Waals surface area contributed by atoms with Crippen molar-refractivity contribution in [2.45, 2.75) is 76.5 Å². The van der Waals surface area contributed by atoms with E-state index in [1.54, 1.807) is 54.7 Å². The Bertz CT molecular complexity index is 4470. The molecular weight excluding hydrogens is 1190 g/mol. The van der Waals surface area contributed by atoms with Crippen LogP contribution in [0.5, 0.6) is 0 Å². The third-order valence-electron chi connectivity index (χ3n) is 17.0. The summed E-state index contributed by atoms with van der Waals surface area (Å²) in [5, 5.41) is 4.41. The van der Waals surface area contributed by atoms with Gasteiger partial charge in [-0.15, -0.1) is 0 Å². The maximum absolute atomic E-state index is 13.5. The van der Waals surface area contributed by atoms with Gasteiger partial charge in [0.25, 0.3) is 0 Å². The van der Waals surface area contributed by atoms with E-state index >= 15 is 0 Å². The van der Waals surface area contributed by atoms with Crippen LogP contribution >= 0.6 is 11.6 Å². The highest BCUT2D eigenvalue weighted by Crippen LogP contribution is 2.47. The summed E-state index contributed by atoms with van der Waals surface area (Å²) in [5.74, 6) is -0.734. The Hall–Kier alpha value is -10.1. The van der Waals surface area contributed by atoms with Gasteiger partial charge in [0, 0.05) is 158 Å². The second kappa shape index (κ2) is 28.0. The number of nitrogens with two attached hydrogens (primary N) is 4. The first kappa shape index (κ1) is 63.5. The normalized spacial score (nSPS) is 14.2. The van der Waals surface area contributed by atoms with Gasteiger partial charge in [0.15, 0.2) is 23.1 Å². The van der Waals surface area contributed by atoms with E-state index in [0.717, 1.165) is 82.6 Å². The number of pyridine rings is 1. The fourth-order valence-corrected chi connectivity index (χ4v) is 12.0. The molecule has 2 fully saturated rings. The number of hydrogen-bond acceptors (Lipinski definition) is 14. The molecule has 5 aliphatic rings. The zero-order valence-electron chi connectivity index (χ0n) is 50.3. The topological polar surface area (TPSA) is 247 Å². The predicted octanol–water partition coefficient (Wildman–Crippen LogP) is 12.3. The molecule has 2 aliphatic heterocycles. The van der Waals surface area contributed by atoms with Gasteiger partial charge in [-0.3, -0.25) is 38.7 Å². The van der Waals surface area contributed by atoms with Crippen LogP contribution in [0.25, 0.3) is 10.9 Å². The van der Waals surface area contributed by atoms with Crippen LogP contribution in [-0.4, -0.2) is 72.1 Å². The molecule has 8 aromatic carbocycles. The molecule has 0 radical (unpaired) electrons. The van der Waals surface area contributed by atoms with Crippen molar-refractivity contribution in [2.24, 2.45) is 4.99 Å². The van der Waals surface area contributed by atoms with E-state index in [4.69, 9.17) is 39.5 Å². The molecule has 9 N–H and O–H groups in total. The van der Waals surface area contributed by atoms with Crippen molar-refractivity contribution in [1.29, 1.82) is 0 Å². The summed E-state index contributed by atoms with van der Waals surface area (Å²) < 4.78 is 39.5. The first-order valence-electron chi connectivity index (χ1n) is 30.4. The Morgan fingerprint density at radius 3 is 1.60 bits per heavy atom. The fourth-order valence-electron chi connectivity index (χ4n) is 11.8. The molecule has 466 valence electrons. The molecule has 0 bridgehead atoms. The fraction of sp³-hybridized carbons (Fsp3) is 0.216. The summed E-state index contributed by atoms with van der Waals surface area (Å²) in [6.07, 6.45) is 9.08. The highest BCUT2D eigenvalue weighted by molar-refractivity contribution is 6.31. The molecule has 9 aromatic rings. The van der Waals surface area contributed by atoms with Crippen molar-refractivity contribution in [3.8, 4) is 0 Å². The van der Waals surface area contributed by atoms with Crippen molar-refractivity contribution in [3.63, 3.8) is 0 Å². The minimum Gasteiger partial charge on any atom is -0.398 e. The SMILES string of the molecule is Nc1cc(Cl)c(F)cc1CC(=O)c1ccc2c(c1)CC(=O)C2.Nc1cc(F)ccc1CC(=O)c1ccc2c(c1)CC(=O)C2.Nc1cc(F)ccc1CC(=O)c1ccc2c(c1)N=CC2.Nc1ccccc1CC(=O)c1cnc2c(C3CC3)c(N3CCNCC3)ccc2c1. The number of carbonyl (C=O) groups is 6. The van der Waals surface area contributed by atoms with Gasteiger partial charge in [0.05, 0.1) is 16.2 Å². The number of rotatable bonds is 14. The van der Waals surface area contributed by atoms with Crippen LogP contribution in [0, 0.1) is 17.5 Å². The number of nitrogens with zero attached hydrogens (tertiary/aromatic N) is 3. The predicted molar refractivity (Wildman–Crippen MR) is 355 cm³/mol. The first-order chi connectivity index (χ1) is 44.3. The Morgan fingerprint density at radius 1 is 0.522 bits per heavy atom. The van der Waals surface area contributed by atoms with Gasteiger partial charge >= 0.3 is 0 Å². The lowest BCUT2D eigenvalue weighted by molar-refractivity contribution is -0.117. The smallest absolute Gasteiger partial charge is 0.168 e. The third-order valence-corrected chi connectivity index (χ3v) is 17.3. The van der Waals surface area contributed by atoms with E-state index in [9.17, 15) is 41.9 Å². The summed E-state index contributed by atoms with van der Waals surface area (Å²) in [6, 6.07) is 40.6. The highest BCUT2D eigenvalue weighted by atomic mass is 35.5. The number of piperazine rings is 1. The number of Topliss-reactive ketones (excluding diaryl/α,β-unsaturated/α-hetero) is 6. The molecule has 18 heteroatoms. The van der Waals surface area contributed by atoms with Crippen molar-refractivity contribution in [2.75, 3.05) is 54.0 Å². The molecule has 1 aromatic heterocycles. The quantitative estimate of drug-likeness (QED) is 0.0503. The summed E-state index contributed by atoms with van der Waals surface area (Å²) in [4.78, 5) is 84.1. The Labute approximate surface area is 534 Å². The van der Waals surface area contributed by atoms with E-state index < -0.39 is 17.5 Å². The third kappa shape index (κ3) is 15.2. The van der Waals surface area contributed by atoms with Crippen molar-refractivity contribution < 1.29 is 41.9 Å². The van der Waals surface area contributed by atoms with Crippen molar-refractivity contribution >= 4 is 97.5 Å². The van der Waals surface area contributed by atoms with E-state index in [2.05, 4.69) is 27.3 Å². The molecule has 0 atom stereocenters. The van der Waals surface area contributed by atoms with Crippen LogP contribution < -0.4 is 33.2 Å². The zero-order chi connectivity index (χ0) is 64.7. The minimum absolute atomic E-state index is 0.00729.